The molecule has 2 aliphatic heterocycles. The lowest BCUT2D eigenvalue weighted by atomic mass is 9.55. The zero-order chi connectivity index (χ0) is 40.2. The van der Waals surface area contributed by atoms with Gasteiger partial charge in [0.15, 0.2) is 0 Å². The van der Waals surface area contributed by atoms with Crippen molar-refractivity contribution in [1.29, 1.82) is 0 Å². The van der Waals surface area contributed by atoms with Crippen molar-refractivity contribution in [1.82, 2.24) is 9.80 Å². The van der Waals surface area contributed by atoms with E-state index >= 15 is 0 Å². The molecule has 0 aromatic heterocycles. The first-order valence-corrected chi connectivity index (χ1v) is 21.2. The summed E-state index contributed by atoms with van der Waals surface area (Å²) in [6, 6.07) is 11.8. The number of hydrogen-bond donors (Lipinski definition) is 2. The van der Waals surface area contributed by atoms with E-state index in [0.717, 1.165) is 86.3 Å². The first-order chi connectivity index (χ1) is 27.5. The smallest absolute Gasteiger partial charge is 0.239 e. The number of rotatable bonds is 20. The van der Waals surface area contributed by atoms with Gasteiger partial charge in [0.05, 0.1) is 18.2 Å². The number of halogens is 1. The van der Waals surface area contributed by atoms with Gasteiger partial charge in [0, 0.05) is 63.2 Å². The van der Waals surface area contributed by atoms with Crippen LogP contribution in [0.25, 0.3) is 0 Å². The third-order valence-corrected chi connectivity index (χ3v) is 12.1. The molecule has 2 saturated carbocycles. The van der Waals surface area contributed by atoms with Crippen molar-refractivity contribution >= 4 is 11.6 Å². The number of nitrogens with zero attached hydrogens (tertiary/aromatic N) is 3. The number of carbonyl (C=O) groups excluding carboxylic acids is 1. The van der Waals surface area contributed by atoms with Gasteiger partial charge in [-0.15, -0.1) is 6.58 Å². The molecular weight excluding hydrogens is 726 g/mol. The van der Waals surface area contributed by atoms with Crippen LogP contribution in [-0.4, -0.2) is 95.1 Å². The summed E-state index contributed by atoms with van der Waals surface area (Å²) in [5.41, 5.74) is 3.02. The number of benzene rings is 2. The van der Waals surface area contributed by atoms with Crippen LogP contribution >= 0.6 is 0 Å². The van der Waals surface area contributed by atoms with Gasteiger partial charge in [-0.3, -0.25) is 9.69 Å². The highest BCUT2D eigenvalue weighted by Gasteiger charge is 2.66. The number of carbonyl (C=O) groups is 1. The van der Waals surface area contributed by atoms with Gasteiger partial charge < -0.3 is 34.2 Å². The third-order valence-electron chi connectivity index (χ3n) is 12.1. The molecule has 5 aliphatic rings. The van der Waals surface area contributed by atoms with Gasteiger partial charge in [-0.25, -0.2) is 4.39 Å². The van der Waals surface area contributed by atoms with Gasteiger partial charge >= 0.3 is 0 Å². The van der Waals surface area contributed by atoms with Crippen molar-refractivity contribution in [3.63, 3.8) is 0 Å². The lowest BCUT2D eigenvalue weighted by molar-refractivity contribution is -0.258. The quantitative estimate of drug-likeness (QED) is 0.0619. The van der Waals surface area contributed by atoms with Crippen LogP contribution in [-0.2, 0) is 20.9 Å². The molecule has 310 valence electrons. The molecule has 11 heteroatoms. The summed E-state index contributed by atoms with van der Waals surface area (Å²) in [5, 5.41) is 24.7. The second-order valence-corrected chi connectivity index (χ2v) is 17.5. The van der Waals surface area contributed by atoms with Gasteiger partial charge in [-0.1, -0.05) is 42.3 Å². The molecule has 3 aliphatic carbocycles. The van der Waals surface area contributed by atoms with Crippen LogP contribution in [0, 0.1) is 29.5 Å². The van der Waals surface area contributed by atoms with Crippen molar-refractivity contribution in [2.24, 2.45) is 28.8 Å². The summed E-state index contributed by atoms with van der Waals surface area (Å²) in [6.07, 6.45) is 10.8. The molecule has 0 radical (unpaired) electrons. The standard InChI is InChI=1S/C46H62FN3O7/c1-5-25-55-46-41(50(44(53)32-14-15-32)30-31-12-16-34(47)17-13-31)29-39(48-57-45(2,3)4)37-27-33(10-6-8-23-51)36(11-7-9-24-52)42(43(37)46)38-28-35(18-19-40(38)56-46)54-26-22-49-20-21-49/h5,12-13,16-19,27-28,32-33,36,41-43,51-52H,1,6-11,14-15,20-26,29-30H2,2-4H3/t33-,36+,41-,42+,43+,46+/m0/s1. The van der Waals surface area contributed by atoms with Gasteiger partial charge in [0.25, 0.3) is 0 Å². The Morgan fingerprint density at radius 3 is 2.47 bits per heavy atom. The molecule has 0 spiro atoms. The number of ether oxygens (including phenoxy) is 3. The van der Waals surface area contributed by atoms with Crippen LogP contribution in [0.2, 0.25) is 0 Å². The molecule has 0 bridgehead atoms. The Hall–Kier alpha value is -3.77. The van der Waals surface area contributed by atoms with Crippen LogP contribution in [0.3, 0.4) is 0 Å². The van der Waals surface area contributed by atoms with Crippen LogP contribution in [0.15, 0.2) is 71.9 Å². The highest BCUT2D eigenvalue weighted by atomic mass is 19.1. The summed E-state index contributed by atoms with van der Waals surface area (Å²) in [7, 11) is 0. The van der Waals surface area contributed by atoms with E-state index < -0.39 is 23.3 Å². The molecule has 2 N–H and O–H groups in total. The van der Waals surface area contributed by atoms with Gasteiger partial charge in [0.2, 0.25) is 11.7 Å². The molecule has 2 aromatic rings. The number of oxime groups is 1. The number of allylic oxidation sites excluding steroid dienone is 1. The lowest BCUT2D eigenvalue weighted by Crippen LogP contribution is -2.70. The van der Waals surface area contributed by atoms with E-state index in [1.54, 1.807) is 18.2 Å². The average molecular weight is 788 g/mol. The fourth-order valence-electron chi connectivity index (χ4n) is 9.21. The van der Waals surface area contributed by atoms with Crippen LogP contribution in [0.5, 0.6) is 11.5 Å². The predicted octanol–water partition coefficient (Wildman–Crippen LogP) is 7.39. The molecule has 3 fully saturated rings. The number of aliphatic hydroxyl groups excluding tert-OH is 2. The molecule has 1 amide bonds. The Morgan fingerprint density at radius 2 is 1.81 bits per heavy atom. The zero-order valence-electron chi connectivity index (χ0n) is 34.0. The van der Waals surface area contributed by atoms with E-state index in [-0.39, 0.29) is 61.8 Å². The molecule has 6 atom stereocenters. The predicted molar refractivity (Wildman–Crippen MR) is 217 cm³/mol. The number of unbranched alkanes of at least 4 members (excludes halogenated alkanes) is 2. The van der Waals surface area contributed by atoms with Crippen molar-refractivity contribution < 1.29 is 38.4 Å². The number of amides is 1. The van der Waals surface area contributed by atoms with E-state index in [0.29, 0.717) is 31.6 Å². The Balaban J connectivity index is 1.43. The monoisotopic (exact) mass is 787 g/mol. The maximum atomic E-state index is 14.7. The first kappa shape index (κ1) is 41.4. The molecule has 2 aromatic carbocycles. The topological polar surface area (TPSA) is 113 Å². The van der Waals surface area contributed by atoms with E-state index in [1.165, 1.54) is 12.1 Å². The summed E-state index contributed by atoms with van der Waals surface area (Å²) in [5.74, 6) is -0.621. The molecule has 0 unspecified atom stereocenters. The van der Waals surface area contributed by atoms with Gasteiger partial charge in [-0.2, -0.15) is 0 Å². The zero-order valence-corrected chi connectivity index (χ0v) is 34.0. The molecule has 1 saturated heterocycles. The van der Waals surface area contributed by atoms with Crippen molar-refractivity contribution in [3.05, 3.63) is 83.7 Å². The van der Waals surface area contributed by atoms with E-state index in [2.05, 4.69) is 23.6 Å². The molecule has 7 rings (SSSR count). The second kappa shape index (κ2) is 18.0. The fraction of sp³-hybridized carbons (Fsp3) is 0.609. The minimum absolute atomic E-state index is 0.0210. The minimum Gasteiger partial charge on any atom is -0.492 e. The van der Waals surface area contributed by atoms with Gasteiger partial charge in [-0.05, 0) is 113 Å². The highest BCUT2D eigenvalue weighted by molar-refractivity contribution is 6.03. The Labute approximate surface area is 337 Å². The largest absolute Gasteiger partial charge is 0.492 e. The number of hydrogen-bond acceptors (Lipinski definition) is 9. The van der Waals surface area contributed by atoms with Crippen LogP contribution in [0.1, 0.15) is 95.6 Å². The van der Waals surface area contributed by atoms with Crippen LogP contribution < -0.4 is 9.47 Å². The number of fused-ring (bicyclic) bond motifs is 2. The van der Waals surface area contributed by atoms with Crippen molar-refractivity contribution in [2.75, 3.05) is 46.1 Å². The first-order valence-electron chi connectivity index (χ1n) is 21.2. The maximum absolute atomic E-state index is 14.7. The lowest BCUT2D eigenvalue weighted by Gasteiger charge is -2.60. The molecule has 2 heterocycles. The summed E-state index contributed by atoms with van der Waals surface area (Å²) in [6.45, 7) is 14.3. The van der Waals surface area contributed by atoms with Crippen molar-refractivity contribution in [2.45, 2.75) is 108 Å². The third kappa shape index (κ3) is 9.59. The Bertz CT molecular complexity index is 1770. The van der Waals surface area contributed by atoms with Crippen LogP contribution in [0.4, 0.5) is 4.39 Å². The summed E-state index contributed by atoms with van der Waals surface area (Å²) in [4.78, 5) is 25.2. The minimum atomic E-state index is -1.35. The second-order valence-electron chi connectivity index (χ2n) is 17.5. The highest BCUT2D eigenvalue weighted by Crippen LogP contribution is 2.62. The van der Waals surface area contributed by atoms with Gasteiger partial charge in [0.1, 0.15) is 35.6 Å². The Kier molecular flexibility index (Phi) is 13.1. The number of aliphatic hydroxyl groups is 2. The molecule has 57 heavy (non-hydrogen) atoms. The summed E-state index contributed by atoms with van der Waals surface area (Å²) < 4.78 is 35.1. The van der Waals surface area contributed by atoms with E-state index in [1.807, 2.05) is 37.8 Å². The summed E-state index contributed by atoms with van der Waals surface area (Å²) >= 11 is 0. The van der Waals surface area contributed by atoms with E-state index in [4.69, 9.17) is 24.2 Å². The van der Waals surface area contributed by atoms with E-state index in [9.17, 15) is 19.4 Å². The fourth-order valence-corrected chi connectivity index (χ4v) is 9.21. The van der Waals surface area contributed by atoms with Crippen molar-refractivity contribution in [3.8, 4) is 11.5 Å². The normalized spacial score (nSPS) is 27.2. The Morgan fingerprint density at radius 1 is 1.07 bits per heavy atom. The molecular formula is C46H62FN3O7. The SMILES string of the molecule is C=CCO[C@@]12Oc3ccc(OCCN4CC4)cc3[C@H]3[C@H](CCCCO)[C@@H](CCCCO)C=C(C(=NOC(C)(C)C)C[C@@H]1N(Cc1ccc(F)cc1)C(=O)C1CC1)[C@H]32. The average Bonchev–Trinajstić information content (AvgIpc) is 4.13. The maximum Gasteiger partial charge on any atom is 0.239 e. The molecule has 10 nitrogen and oxygen atoms in total.